The summed E-state index contributed by atoms with van der Waals surface area (Å²) in [6, 6.07) is 6.77. The van der Waals surface area contributed by atoms with Gasteiger partial charge in [0.15, 0.2) is 0 Å². The predicted octanol–water partition coefficient (Wildman–Crippen LogP) is 3.49. The number of nitrogens with one attached hydrogen (secondary N) is 1. The Bertz CT molecular complexity index is 923. The van der Waals surface area contributed by atoms with Crippen LogP contribution in [0.3, 0.4) is 0 Å². The van der Waals surface area contributed by atoms with Crippen molar-refractivity contribution < 1.29 is 26.7 Å². The molecule has 0 aliphatic rings. The van der Waals surface area contributed by atoms with Crippen molar-refractivity contribution >= 4 is 44.8 Å². The van der Waals surface area contributed by atoms with E-state index in [9.17, 15) is 22.0 Å². The van der Waals surface area contributed by atoms with Crippen LogP contribution in [0.25, 0.3) is 0 Å². The van der Waals surface area contributed by atoms with E-state index >= 15 is 0 Å². The predicted molar refractivity (Wildman–Crippen MR) is 88.9 cm³/mol. The van der Waals surface area contributed by atoms with E-state index in [4.69, 9.17) is 28.9 Å². The molecule has 6 nitrogen and oxygen atoms in total. The fraction of sp³-hybridized carbons (Fsp3) is 0.0714. The van der Waals surface area contributed by atoms with E-state index < -0.39 is 22.5 Å². The molecule has 0 heterocycles. The summed E-state index contributed by atoms with van der Waals surface area (Å²) < 4.78 is 55.4. The molecule has 0 aliphatic heterocycles. The summed E-state index contributed by atoms with van der Waals surface area (Å²) in [7, 11) is -4.08. The van der Waals surface area contributed by atoms with Gasteiger partial charge in [0.2, 0.25) is 5.91 Å². The lowest BCUT2D eigenvalue weighted by atomic mass is 10.2. The number of amides is 1. The Kier molecular flexibility index (Phi) is 5.71. The first kappa shape index (κ1) is 19.2. The lowest BCUT2D eigenvalue weighted by molar-refractivity contribution is -0.0498. The number of primary amides is 1. The van der Waals surface area contributed by atoms with Gasteiger partial charge >= 0.3 is 6.61 Å². The van der Waals surface area contributed by atoms with Crippen molar-refractivity contribution in [3.05, 3.63) is 52.0 Å². The standard InChI is InChI=1S/C14H10Cl2F2N2O4S/c15-10-5-7(1-3-9(10)13(19)21)20-25(22,23)8-2-4-12(11(16)6-8)24-14(17)18/h1-6,14,20H,(H2,19,21). The molecule has 2 aromatic carbocycles. The number of ether oxygens (including phenoxy) is 1. The first-order valence-corrected chi connectivity index (χ1v) is 8.70. The fourth-order valence-electron chi connectivity index (χ4n) is 1.83. The van der Waals surface area contributed by atoms with Gasteiger partial charge in [0.05, 0.1) is 26.2 Å². The van der Waals surface area contributed by atoms with Crippen molar-refractivity contribution in [2.75, 3.05) is 4.72 Å². The summed E-state index contributed by atoms with van der Waals surface area (Å²) in [6.45, 7) is -3.09. The molecule has 1 amide bonds. The average molecular weight is 411 g/mol. The van der Waals surface area contributed by atoms with E-state index in [0.717, 1.165) is 18.2 Å². The summed E-state index contributed by atoms with van der Waals surface area (Å²) >= 11 is 11.6. The van der Waals surface area contributed by atoms with Gasteiger partial charge in [-0.15, -0.1) is 0 Å². The Balaban J connectivity index is 2.29. The van der Waals surface area contributed by atoms with Crippen LogP contribution in [0.5, 0.6) is 5.75 Å². The lowest BCUT2D eigenvalue weighted by Gasteiger charge is -2.11. The van der Waals surface area contributed by atoms with Gasteiger partial charge in [0.1, 0.15) is 5.75 Å². The number of sulfonamides is 1. The zero-order chi connectivity index (χ0) is 18.8. The largest absolute Gasteiger partial charge is 0.433 e. The second kappa shape index (κ2) is 7.42. The minimum absolute atomic E-state index is 0.0289. The third-order valence-corrected chi connectivity index (χ3v) is 4.90. The maximum atomic E-state index is 12.3. The van der Waals surface area contributed by atoms with Gasteiger partial charge in [-0.05, 0) is 36.4 Å². The minimum Gasteiger partial charge on any atom is -0.433 e. The van der Waals surface area contributed by atoms with Gasteiger partial charge in [-0.1, -0.05) is 23.2 Å². The molecular weight excluding hydrogens is 401 g/mol. The normalized spacial score (nSPS) is 11.4. The van der Waals surface area contributed by atoms with E-state index in [2.05, 4.69) is 9.46 Å². The number of nitrogens with two attached hydrogens (primary N) is 1. The van der Waals surface area contributed by atoms with Gasteiger partial charge in [0.25, 0.3) is 10.0 Å². The molecule has 25 heavy (non-hydrogen) atoms. The molecule has 0 fully saturated rings. The highest BCUT2D eigenvalue weighted by molar-refractivity contribution is 7.92. The third-order valence-electron chi connectivity index (χ3n) is 2.92. The molecule has 3 N–H and O–H groups in total. The highest BCUT2D eigenvalue weighted by Gasteiger charge is 2.18. The van der Waals surface area contributed by atoms with E-state index in [1.54, 1.807) is 0 Å². The van der Waals surface area contributed by atoms with Crippen molar-refractivity contribution in [3.8, 4) is 5.75 Å². The number of anilines is 1. The molecule has 0 saturated heterocycles. The van der Waals surface area contributed by atoms with Crippen molar-refractivity contribution in [2.24, 2.45) is 5.73 Å². The number of halogens is 4. The number of hydrogen-bond donors (Lipinski definition) is 2. The molecule has 0 bridgehead atoms. The van der Waals surface area contributed by atoms with Crippen molar-refractivity contribution in [3.63, 3.8) is 0 Å². The van der Waals surface area contributed by atoms with Crippen LogP contribution in [0.1, 0.15) is 10.4 Å². The van der Waals surface area contributed by atoms with Crippen molar-refractivity contribution in [1.82, 2.24) is 0 Å². The molecule has 0 radical (unpaired) electrons. The van der Waals surface area contributed by atoms with Crippen molar-refractivity contribution in [1.29, 1.82) is 0 Å². The molecule has 11 heteroatoms. The number of carbonyl (C=O) groups excluding carboxylic acids is 1. The number of alkyl halides is 2. The van der Waals surface area contributed by atoms with Crippen molar-refractivity contribution in [2.45, 2.75) is 11.5 Å². The molecule has 0 aromatic heterocycles. The molecular formula is C14H10Cl2F2N2O4S. The number of carbonyl (C=O) groups is 1. The zero-order valence-corrected chi connectivity index (χ0v) is 14.5. The zero-order valence-electron chi connectivity index (χ0n) is 12.2. The first-order valence-electron chi connectivity index (χ1n) is 6.46. The number of hydrogen-bond acceptors (Lipinski definition) is 4. The van der Waals surface area contributed by atoms with E-state index in [1.807, 2.05) is 0 Å². The van der Waals surface area contributed by atoms with Gasteiger partial charge < -0.3 is 10.5 Å². The van der Waals surface area contributed by atoms with Crippen LogP contribution in [-0.2, 0) is 10.0 Å². The molecule has 134 valence electrons. The van der Waals surface area contributed by atoms with Crippen LogP contribution in [0.15, 0.2) is 41.3 Å². The molecule has 2 aromatic rings. The van der Waals surface area contributed by atoms with Gasteiger partial charge in [0, 0.05) is 0 Å². The van der Waals surface area contributed by atoms with Gasteiger partial charge in [-0.25, -0.2) is 8.42 Å². The summed E-state index contributed by atoms with van der Waals surface area (Å²) in [4.78, 5) is 10.8. The summed E-state index contributed by atoms with van der Waals surface area (Å²) in [6.07, 6.45) is 0. The second-order valence-corrected chi connectivity index (χ2v) is 7.13. The van der Waals surface area contributed by atoms with Crippen LogP contribution in [-0.4, -0.2) is 20.9 Å². The molecule has 0 saturated carbocycles. The maximum absolute atomic E-state index is 12.3. The van der Waals surface area contributed by atoms with Crippen LogP contribution < -0.4 is 15.2 Å². The number of benzene rings is 2. The monoisotopic (exact) mass is 410 g/mol. The lowest BCUT2D eigenvalue weighted by Crippen LogP contribution is -2.15. The molecule has 0 unspecified atom stereocenters. The Morgan fingerprint density at radius 2 is 1.80 bits per heavy atom. The van der Waals surface area contributed by atoms with Crippen LogP contribution in [0, 0.1) is 0 Å². The SMILES string of the molecule is NC(=O)c1ccc(NS(=O)(=O)c2ccc(OC(F)F)c(Cl)c2)cc1Cl. The Hall–Kier alpha value is -2.10. The Morgan fingerprint density at radius 3 is 2.32 bits per heavy atom. The molecule has 0 atom stereocenters. The molecule has 0 aliphatic carbocycles. The molecule has 2 rings (SSSR count). The van der Waals surface area contributed by atoms with E-state index in [0.29, 0.717) is 0 Å². The highest BCUT2D eigenvalue weighted by atomic mass is 35.5. The Morgan fingerprint density at radius 1 is 1.12 bits per heavy atom. The van der Waals surface area contributed by atoms with Crippen LogP contribution in [0.4, 0.5) is 14.5 Å². The smallest absolute Gasteiger partial charge is 0.387 e. The minimum atomic E-state index is -4.08. The third kappa shape index (κ3) is 4.71. The quantitative estimate of drug-likeness (QED) is 0.760. The van der Waals surface area contributed by atoms with E-state index in [-0.39, 0.29) is 31.9 Å². The van der Waals surface area contributed by atoms with Gasteiger partial charge in [-0.2, -0.15) is 8.78 Å². The highest BCUT2D eigenvalue weighted by Crippen LogP contribution is 2.30. The average Bonchev–Trinajstić information content (AvgIpc) is 2.48. The molecule has 0 spiro atoms. The second-order valence-electron chi connectivity index (χ2n) is 4.64. The van der Waals surface area contributed by atoms with Crippen LogP contribution >= 0.6 is 23.2 Å². The topological polar surface area (TPSA) is 98.5 Å². The Labute approximate surface area is 151 Å². The van der Waals surface area contributed by atoms with Gasteiger partial charge in [-0.3, -0.25) is 9.52 Å². The maximum Gasteiger partial charge on any atom is 0.387 e. The summed E-state index contributed by atoms with van der Waals surface area (Å²) in [5, 5.41) is -0.336. The van der Waals surface area contributed by atoms with E-state index in [1.165, 1.54) is 18.2 Å². The first-order chi connectivity index (χ1) is 11.6. The number of rotatable bonds is 6. The fourth-order valence-corrected chi connectivity index (χ4v) is 3.47. The summed E-state index contributed by atoms with van der Waals surface area (Å²) in [5.41, 5.74) is 5.20. The summed E-state index contributed by atoms with van der Waals surface area (Å²) in [5.74, 6) is -1.12. The van der Waals surface area contributed by atoms with Crippen LogP contribution in [0.2, 0.25) is 10.0 Å².